The summed E-state index contributed by atoms with van der Waals surface area (Å²) in [6.45, 7) is 8.40. The monoisotopic (exact) mass is 387 g/mol. The number of methoxy groups -OCH3 is 1. The molecule has 1 aromatic carbocycles. The predicted octanol–water partition coefficient (Wildman–Crippen LogP) is 2.28. The smallest absolute Gasteiger partial charge is 0.225 e. The van der Waals surface area contributed by atoms with Crippen molar-refractivity contribution in [2.24, 2.45) is 11.8 Å². The molecule has 2 aliphatic heterocycles. The van der Waals surface area contributed by atoms with Crippen LogP contribution in [0.3, 0.4) is 0 Å². The molecule has 0 radical (unpaired) electrons. The standard InChI is InChI=1S/C22H33N3O3/c1-16(2)24-10-4-5-18(14-24)12-23-22(27)19-11-21(26)25(15-19)13-17-6-8-20(28-3)9-7-17/h6-9,16,18-19H,4-5,10-15H2,1-3H3,(H,23,27). The van der Waals surface area contributed by atoms with Gasteiger partial charge in [0.05, 0.1) is 13.0 Å². The highest BCUT2D eigenvalue weighted by molar-refractivity contribution is 5.89. The van der Waals surface area contributed by atoms with Crippen LogP contribution in [0.2, 0.25) is 0 Å². The van der Waals surface area contributed by atoms with Crippen molar-refractivity contribution >= 4 is 11.8 Å². The van der Waals surface area contributed by atoms with E-state index in [2.05, 4.69) is 24.1 Å². The summed E-state index contributed by atoms with van der Waals surface area (Å²) in [4.78, 5) is 29.2. The normalized spacial score (nSPS) is 23.3. The average Bonchev–Trinajstić information content (AvgIpc) is 3.07. The minimum absolute atomic E-state index is 0.0206. The molecule has 2 fully saturated rings. The number of rotatable bonds is 7. The average molecular weight is 388 g/mol. The van der Waals surface area contributed by atoms with Gasteiger partial charge in [-0.05, 0) is 56.8 Å². The summed E-state index contributed by atoms with van der Waals surface area (Å²) in [5.74, 6) is 1.14. The molecule has 2 saturated heterocycles. The molecular formula is C22H33N3O3. The topological polar surface area (TPSA) is 61.9 Å². The predicted molar refractivity (Wildman–Crippen MR) is 109 cm³/mol. The van der Waals surface area contributed by atoms with Crippen molar-refractivity contribution in [1.82, 2.24) is 15.1 Å². The van der Waals surface area contributed by atoms with Gasteiger partial charge >= 0.3 is 0 Å². The fourth-order valence-electron chi connectivity index (χ4n) is 4.17. The highest BCUT2D eigenvalue weighted by Gasteiger charge is 2.34. The Morgan fingerprint density at radius 1 is 1.25 bits per heavy atom. The van der Waals surface area contributed by atoms with Gasteiger partial charge < -0.3 is 19.9 Å². The van der Waals surface area contributed by atoms with Crippen LogP contribution in [-0.2, 0) is 16.1 Å². The van der Waals surface area contributed by atoms with Crippen molar-refractivity contribution in [3.05, 3.63) is 29.8 Å². The van der Waals surface area contributed by atoms with E-state index >= 15 is 0 Å². The number of nitrogens with one attached hydrogen (secondary N) is 1. The van der Waals surface area contributed by atoms with Crippen LogP contribution in [0, 0.1) is 11.8 Å². The van der Waals surface area contributed by atoms with Crippen LogP contribution in [0.4, 0.5) is 0 Å². The first kappa shape index (κ1) is 20.6. The molecule has 28 heavy (non-hydrogen) atoms. The summed E-state index contributed by atoms with van der Waals surface area (Å²) >= 11 is 0. The van der Waals surface area contributed by atoms with Crippen molar-refractivity contribution < 1.29 is 14.3 Å². The number of carbonyl (C=O) groups excluding carboxylic acids is 2. The molecule has 0 aliphatic carbocycles. The first-order valence-electron chi connectivity index (χ1n) is 10.4. The van der Waals surface area contributed by atoms with E-state index in [0.717, 1.165) is 30.8 Å². The molecule has 6 nitrogen and oxygen atoms in total. The highest BCUT2D eigenvalue weighted by Crippen LogP contribution is 2.22. The second-order valence-corrected chi connectivity index (χ2v) is 8.37. The molecule has 0 saturated carbocycles. The second kappa shape index (κ2) is 9.41. The van der Waals surface area contributed by atoms with E-state index in [1.54, 1.807) is 12.0 Å². The van der Waals surface area contributed by atoms with Crippen LogP contribution in [0.15, 0.2) is 24.3 Å². The van der Waals surface area contributed by atoms with Crippen LogP contribution >= 0.6 is 0 Å². The fourth-order valence-corrected chi connectivity index (χ4v) is 4.17. The van der Waals surface area contributed by atoms with Crippen LogP contribution in [-0.4, -0.2) is 60.9 Å². The van der Waals surface area contributed by atoms with Crippen molar-refractivity contribution in [2.45, 2.75) is 45.7 Å². The van der Waals surface area contributed by atoms with E-state index in [4.69, 9.17) is 4.74 Å². The fraction of sp³-hybridized carbons (Fsp3) is 0.636. The van der Waals surface area contributed by atoms with Crippen molar-refractivity contribution in [1.29, 1.82) is 0 Å². The molecule has 2 unspecified atom stereocenters. The van der Waals surface area contributed by atoms with E-state index in [9.17, 15) is 9.59 Å². The molecular weight excluding hydrogens is 354 g/mol. The van der Waals surface area contributed by atoms with Gasteiger partial charge in [-0.15, -0.1) is 0 Å². The molecule has 154 valence electrons. The zero-order chi connectivity index (χ0) is 20.1. The van der Waals surface area contributed by atoms with Crippen LogP contribution in [0.5, 0.6) is 5.75 Å². The number of likely N-dealkylation sites (tertiary alicyclic amines) is 2. The minimum Gasteiger partial charge on any atom is -0.497 e. The van der Waals surface area contributed by atoms with Crippen LogP contribution in [0.25, 0.3) is 0 Å². The third-order valence-electron chi connectivity index (χ3n) is 5.96. The highest BCUT2D eigenvalue weighted by atomic mass is 16.5. The first-order chi connectivity index (χ1) is 13.5. The molecule has 2 atom stereocenters. The molecule has 0 aromatic heterocycles. The zero-order valence-corrected chi connectivity index (χ0v) is 17.3. The molecule has 2 heterocycles. The lowest BCUT2D eigenvalue weighted by atomic mass is 9.96. The number of nitrogens with zero attached hydrogens (tertiary/aromatic N) is 2. The van der Waals surface area contributed by atoms with Crippen molar-refractivity contribution in [2.75, 3.05) is 33.3 Å². The number of carbonyl (C=O) groups is 2. The molecule has 2 aliphatic rings. The minimum atomic E-state index is -0.240. The second-order valence-electron chi connectivity index (χ2n) is 8.37. The van der Waals surface area contributed by atoms with Crippen molar-refractivity contribution in [3.63, 3.8) is 0 Å². The van der Waals surface area contributed by atoms with Gasteiger partial charge in [-0.3, -0.25) is 9.59 Å². The van der Waals surface area contributed by atoms with Crippen LogP contribution in [0.1, 0.15) is 38.7 Å². The summed E-state index contributed by atoms with van der Waals surface area (Å²) in [5.41, 5.74) is 1.05. The summed E-state index contributed by atoms with van der Waals surface area (Å²) in [6.07, 6.45) is 2.66. The Balaban J connectivity index is 1.46. The Labute approximate surface area is 168 Å². The lowest BCUT2D eigenvalue weighted by molar-refractivity contribution is -0.129. The number of amides is 2. The third-order valence-corrected chi connectivity index (χ3v) is 5.96. The number of hydrogen-bond donors (Lipinski definition) is 1. The summed E-state index contributed by atoms with van der Waals surface area (Å²) in [6, 6.07) is 8.26. The Morgan fingerprint density at radius 3 is 2.68 bits per heavy atom. The molecule has 2 amide bonds. The number of ether oxygens (including phenoxy) is 1. The number of hydrogen-bond acceptors (Lipinski definition) is 4. The molecule has 0 bridgehead atoms. The molecule has 1 N–H and O–H groups in total. The molecule has 3 rings (SSSR count). The van der Waals surface area contributed by atoms with Gasteiger partial charge in [0.1, 0.15) is 5.75 Å². The lowest BCUT2D eigenvalue weighted by Crippen LogP contribution is -2.44. The van der Waals surface area contributed by atoms with E-state index in [0.29, 0.717) is 38.0 Å². The Kier molecular flexibility index (Phi) is 6.94. The van der Waals surface area contributed by atoms with Gasteiger partial charge in [-0.1, -0.05) is 12.1 Å². The first-order valence-corrected chi connectivity index (χ1v) is 10.4. The Morgan fingerprint density at radius 2 is 2.00 bits per heavy atom. The zero-order valence-electron chi connectivity index (χ0n) is 17.3. The lowest BCUT2D eigenvalue weighted by Gasteiger charge is -2.35. The van der Waals surface area contributed by atoms with E-state index in [1.165, 1.54) is 6.42 Å². The summed E-state index contributed by atoms with van der Waals surface area (Å²) in [7, 11) is 1.63. The summed E-state index contributed by atoms with van der Waals surface area (Å²) < 4.78 is 5.17. The van der Waals surface area contributed by atoms with Gasteiger partial charge in [-0.2, -0.15) is 0 Å². The SMILES string of the molecule is COc1ccc(CN2CC(C(=O)NCC3CCCN(C(C)C)C3)CC2=O)cc1. The van der Waals surface area contributed by atoms with Gasteiger partial charge in [-0.25, -0.2) is 0 Å². The number of benzene rings is 1. The van der Waals surface area contributed by atoms with E-state index in [1.807, 2.05) is 24.3 Å². The maximum absolute atomic E-state index is 12.6. The van der Waals surface area contributed by atoms with E-state index < -0.39 is 0 Å². The van der Waals surface area contributed by atoms with E-state index in [-0.39, 0.29) is 17.7 Å². The Hall–Kier alpha value is -2.08. The van der Waals surface area contributed by atoms with Crippen LogP contribution < -0.4 is 10.1 Å². The molecule has 1 aromatic rings. The maximum atomic E-state index is 12.6. The third kappa shape index (κ3) is 5.25. The summed E-state index contributed by atoms with van der Waals surface area (Å²) in [5, 5.41) is 3.11. The number of piperidine rings is 1. The van der Waals surface area contributed by atoms with Gasteiger partial charge in [0.2, 0.25) is 11.8 Å². The molecule has 6 heteroatoms. The molecule has 0 spiro atoms. The van der Waals surface area contributed by atoms with Gasteiger partial charge in [0.25, 0.3) is 0 Å². The van der Waals surface area contributed by atoms with Gasteiger partial charge in [0.15, 0.2) is 0 Å². The van der Waals surface area contributed by atoms with Crippen molar-refractivity contribution in [3.8, 4) is 5.75 Å². The largest absolute Gasteiger partial charge is 0.497 e. The quantitative estimate of drug-likeness (QED) is 0.780. The van der Waals surface area contributed by atoms with Gasteiger partial charge in [0, 0.05) is 38.6 Å². The Bertz CT molecular complexity index is 674. The maximum Gasteiger partial charge on any atom is 0.225 e.